The molecule has 1 heterocycles. The van der Waals surface area contributed by atoms with Crippen LogP contribution in [0.1, 0.15) is 17.3 Å². The van der Waals surface area contributed by atoms with Crippen LogP contribution < -0.4 is 5.32 Å². The molecular formula is C13H15FN2O4. The number of urea groups is 1. The molecule has 1 atom stereocenters. The third-order valence-electron chi connectivity index (χ3n) is 3.00. The number of rotatable bonds is 2. The van der Waals surface area contributed by atoms with E-state index in [2.05, 4.69) is 5.32 Å². The zero-order valence-electron chi connectivity index (χ0n) is 10.9. The van der Waals surface area contributed by atoms with E-state index in [9.17, 15) is 14.0 Å². The molecule has 1 aliphatic rings. The number of aromatic carboxylic acids is 1. The number of anilines is 1. The van der Waals surface area contributed by atoms with Gasteiger partial charge in [-0.2, -0.15) is 0 Å². The van der Waals surface area contributed by atoms with E-state index in [1.54, 1.807) is 0 Å². The van der Waals surface area contributed by atoms with E-state index < -0.39 is 17.8 Å². The van der Waals surface area contributed by atoms with Gasteiger partial charge in [0, 0.05) is 13.1 Å². The molecule has 0 radical (unpaired) electrons. The highest BCUT2D eigenvalue weighted by atomic mass is 19.1. The number of hydrogen-bond acceptors (Lipinski definition) is 3. The molecule has 1 aromatic rings. The minimum atomic E-state index is -1.30. The highest BCUT2D eigenvalue weighted by molar-refractivity contribution is 6.00. The predicted molar refractivity (Wildman–Crippen MR) is 69.4 cm³/mol. The van der Waals surface area contributed by atoms with E-state index in [1.165, 1.54) is 17.0 Å². The van der Waals surface area contributed by atoms with Gasteiger partial charge in [0.15, 0.2) is 0 Å². The van der Waals surface area contributed by atoms with E-state index in [-0.39, 0.29) is 17.4 Å². The summed E-state index contributed by atoms with van der Waals surface area (Å²) in [6.07, 6.45) is -0.103. The third-order valence-corrected chi connectivity index (χ3v) is 3.00. The fraction of sp³-hybridized carbons (Fsp3) is 0.385. The fourth-order valence-corrected chi connectivity index (χ4v) is 2.02. The van der Waals surface area contributed by atoms with Gasteiger partial charge in [0.25, 0.3) is 0 Å². The number of hydrogen-bond donors (Lipinski definition) is 2. The average Bonchev–Trinajstić information content (AvgIpc) is 2.40. The van der Waals surface area contributed by atoms with Crippen LogP contribution in [0.3, 0.4) is 0 Å². The Kier molecular flexibility index (Phi) is 4.19. The van der Waals surface area contributed by atoms with Crippen LogP contribution in [0.15, 0.2) is 18.2 Å². The number of benzene rings is 1. The molecule has 2 rings (SSSR count). The van der Waals surface area contributed by atoms with Crippen LogP contribution in [0, 0.1) is 5.82 Å². The lowest BCUT2D eigenvalue weighted by Gasteiger charge is -2.31. The number of carbonyl (C=O) groups is 2. The smallest absolute Gasteiger partial charge is 0.337 e. The van der Waals surface area contributed by atoms with Crippen molar-refractivity contribution < 1.29 is 23.8 Å². The van der Waals surface area contributed by atoms with Crippen LogP contribution in [-0.2, 0) is 4.74 Å². The van der Waals surface area contributed by atoms with Gasteiger partial charge >= 0.3 is 12.0 Å². The minimum Gasteiger partial charge on any atom is -0.478 e. The molecule has 1 saturated heterocycles. The molecule has 0 aliphatic carbocycles. The number of carboxylic acids is 1. The molecule has 0 aromatic heterocycles. The number of carboxylic acid groups (broad SMARTS) is 1. The summed E-state index contributed by atoms with van der Waals surface area (Å²) in [6, 6.07) is 3.09. The molecule has 2 N–H and O–H groups in total. The monoisotopic (exact) mass is 282 g/mol. The Morgan fingerprint density at radius 1 is 1.50 bits per heavy atom. The number of ether oxygens (including phenoxy) is 1. The maximum absolute atomic E-state index is 13.7. The molecular weight excluding hydrogens is 267 g/mol. The Labute approximate surface area is 115 Å². The summed E-state index contributed by atoms with van der Waals surface area (Å²) in [6.45, 7) is 2.98. The van der Waals surface area contributed by atoms with Crippen molar-refractivity contribution in [2.75, 3.05) is 25.0 Å². The van der Waals surface area contributed by atoms with Crippen LogP contribution in [-0.4, -0.2) is 47.8 Å². The van der Waals surface area contributed by atoms with E-state index >= 15 is 0 Å². The van der Waals surface area contributed by atoms with E-state index in [1.807, 2.05) is 6.92 Å². The van der Waals surface area contributed by atoms with Crippen molar-refractivity contribution in [2.45, 2.75) is 13.0 Å². The van der Waals surface area contributed by atoms with Crippen molar-refractivity contribution in [1.29, 1.82) is 0 Å². The number of carbonyl (C=O) groups excluding carboxylic acids is 1. The summed E-state index contributed by atoms with van der Waals surface area (Å²) in [4.78, 5) is 24.5. The van der Waals surface area contributed by atoms with Gasteiger partial charge in [-0.3, -0.25) is 0 Å². The van der Waals surface area contributed by atoms with Crippen LogP contribution in [0.4, 0.5) is 14.9 Å². The molecule has 6 nitrogen and oxygen atoms in total. The van der Waals surface area contributed by atoms with Crippen molar-refractivity contribution in [2.24, 2.45) is 0 Å². The number of morpholine rings is 1. The zero-order chi connectivity index (χ0) is 14.7. The van der Waals surface area contributed by atoms with Crippen molar-refractivity contribution in [1.82, 2.24) is 4.90 Å². The van der Waals surface area contributed by atoms with Gasteiger partial charge in [-0.25, -0.2) is 14.0 Å². The van der Waals surface area contributed by atoms with Crippen LogP contribution in [0.25, 0.3) is 0 Å². The largest absolute Gasteiger partial charge is 0.478 e. The van der Waals surface area contributed by atoms with Crippen LogP contribution in [0.2, 0.25) is 0 Å². The lowest BCUT2D eigenvalue weighted by Crippen LogP contribution is -2.46. The Morgan fingerprint density at radius 3 is 2.90 bits per heavy atom. The number of para-hydroxylation sites is 1. The maximum Gasteiger partial charge on any atom is 0.337 e. The minimum absolute atomic E-state index is 0.103. The van der Waals surface area contributed by atoms with E-state index in [0.717, 1.165) is 6.07 Å². The molecule has 1 fully saturated rings. The van der Waals surface area contributed by atoms with Gasteiger partial charge in [0.05, 0.1) is 24.0 Å². The van der Waals surface area contributed by atoms with Gasteiger partial charge < -0.3 is 20.1 Å². The molecule has 20 heavy (non-hydrogen) atoms. The second-order valence-corrected chi connectivity index (χ2v) is 4.53. The number of halogens is 1. The molecule has 1 aromatic carbocycles. The molecule has 0 spiro atoms. The second-order valence-electron chi connectivity index (χ2n) is 4.53. The van der Waals surface area contributed by atoms with Gasteiger partial charge in [0.1, 0.15) is 5.82 Å². The van der Waals surface area contributed by atoms with Crippen LogP contribution in [0.5, 0.6) is 0 Å². The van der Waals surface area contributed by atoms with Gasteiger partial charge in [-0.05, 0) is 19.1 Å². The quantitative estimate of drug-likeness (QED) is 0.866. The summed E-state index contributed by atoms with van der Waals surface area (Å²) in [5.41, 5.74) is -0.594. The molecule has 108 valence electrons. The van der Waals surface area contributed by atoms with Gasteiger partial charge in [0.2, 0.25) is 0 Å². The lowest BCUT2D eigenvalue weighted by atomic mass is 10.1. The van der Waals surface area contributed by atoms with Crippen LogP contribution >= 0.6 is 0 Å². The van der Waals surface area contributed by atoms with Crippen molar-refractivity contribution in [3.63, 3.8) is 0 Å². The third kappa shape index (κ3) is 3.05. The Balaban J connectivity index is 2.17. The SMILES string of the molecule is CC1CN(C(=O)Nc2c(F)cccc2C(=O)O)CCO1. The standard InChI is InChI=1S/C13H15FN2O4/c1-8-7-16(5-6-20-8)13(19)15-11-9(12(17)18)3-2-4-10(11)14/h2-4,8H,5-7H2,1H3,(H,15,19)(H,17,18). The topological polar surface area (TPSA) is 78.9 Å². The summed E-state index contributed by atoms with van der Waals surface area (Å²) in [5, 5.41) is 11.3. The lowest BCUT2D eigenvalue weighted by molar-refractivity contribution is -0.00140. The van der Waals surface area contributed by atoms with Crippen molar-refractivity contribution in [3.05, 3.63) is 29.6 Å². The summed E-state index contributed by atoms with van der Waals surface area (Å²) in [7, 11) is 0. The fourth-order valence-electron chi connectivity index (χ4n) is 2.02. The number of nitrogens with zero attached hydrogens (tertiary/aromatic N) is 1. The predicted octanol–water partition coefficient (Wildman–Crippen LogP) is 1.78. The maximum atomic E-state index is 13.7. The normalized spacial score (nSPS) is 18.7. The molecule has 0 saturated carbocycles. The summed E-state index contributed by atoms with van der Waals surface area (Å²) >= 11 is 0. The first kappa shape index (κ1) is 14.3. The van der Waals surface area contributed by atoms with Gasteiger partial charge in [-0.15, -0.1) is 0 Å². The summed E-state index contributed by atoms with van der Waals surface area (Å²) < 4.78 is 19.0. The van der Waals surface area contributed by atoms with E-state index in [4.69, 9.17) is 9.84 Å². The molecule has 7 heteroatoms. The Morgan fingerprint density at radius 2 is 2.25 bits per heavy atom. The Bertz CT molecular complexity index is 535. The number of amides is 2. The zero-order valence-corrected chi connectivity index (χ0v) is 10.9. The first-order valence-electron chi connectivity index (χ1n) is 6.18. The first-order chi connectivity index (χ1) is 9.49. The highest BCUT2D eigenvalue weighted by Crippen LogP contribution is 2.20. The average molecular weight is 282 g/mol. The second kappa shape index (κ2) is 5.87. The number of nitrogens with one attached hydrogen (secondary N) is 1. The molecule has 2 amide bonds. The van der Waals surface area contributed by atoms with Crippen molar-refractivity contribution in [3.8, 4) is 0 Å². The summed E-state index contributed by atoms with van der Waals surface area (Å²) in [5.74, 6) is -2.07. The molecule has 1 unspecified atom stereocenters. The molecule has 1 aliphatic heterocycles. The Hall–Kier alpha value is -2.15. The first-order valence-corrected chi connectivity index (χ1v) is 6.18. The molecule has 0 bridgehead atoms. The highest BCUT2D eigenvalue weighted by Gasteiger charge is 2.24. The van der Waals surface area contributed by atoms with Crippen molar-refractivity contribution >= 4 is 17.7 Å². The van der Waals surface area contributed by atoms with Gasteiger partial charge in [-0.1, -0.05) is 6.07 Å². The van der Waals surface area contributed by atoms with E-state index in [0.29, 0.717) is 19.7 Å².